The van der Waals surface area contributed by atoms with Crippen molar-refractivity contribution in [2.45, 2.75) is 18.9 Å². The van der Waals surface area contributed by atoms with Crippen molar-refractivity contribution in [2.24, 2.45) is 5.73 Å². The maximum atomic E-state index is 11.5. The number of benzene rings is 1. The molecule has 0 aliphatic rings. The van der Waals surface area contributed by atoms with Gasteiger partial charge in [-0.25, -0.2) is 4.79 Å². The first-order valence-corrected chi connectivity index (χ1v) is 6.03. The number of urea groups is 1. The van der Waals surface area contributed by atoms with E-state index in [1.54, 1.807) is 30.3 Å². The summed E-state index contributed by atoms with van der Waals surface area (Å²) in [6.07, 6.45) is 0. The Balaban J connectivity index is 2.59. The topological polar surface area (TPSA) is 122 Å². The Labute approximate surface area is 116 Å². The van der Waals surface area contributed by atoms with Crippen molar-refractivity contribution in [3.8, 4) is 0 Å². The molecule has 5 N–H and O–H groups in total. The average molecular weight is 279 g/mol. The van der Waals surface area contributed by atoms with E-state index < -0.39 is 29.9 Å². The molecule has 0 heterocycles. The van der Waals surface area contributed by atoms with Gasteiger partial charge in [-0.3, -0.25) is 9.59 Å². The standard InChI is InChI=1S/C13H17N3O4/c1-8(11(14)17)16-13(20)15-7-10(12(18)19)9-5-3-2-4-6-9/h2-6,8,10H,7H2,1H3,(H2,14,17)(H,18,19)(H2,15,16,20). The Morgan fingerprint density at radius 1 is 1.25 bits per heavy atom. The lowest BCUT2D eigenvalue weighted by atomic mass is 9.99. The molecule has 0 aromatic heterocycles. The third-order valence-electron chi connectivity index (χ3n) is 2.74. The highest BCUT2D eigenvalue weighted by atomic mass is 16.4. The fourth-order valence-corrected chi connectivity index (χ4v) is 1.55. The Hall–Kier alpha value is -2.57. The van der Waals surface area contributed by atoms with Crippen molar-refractivity contribution >= 4 is 17.9 Å². The van der Waals surface area contributed by atoms with Gasteiger partial charge in [-0.15, -0.1) is 0 Å². The lowest BCUT2D eigenvalue weighted by molar-refractivity contribution is -0.138. The van der Waals surface area contributed by atoms with Gasteiger partial charge >= 0.3 is 12.0 Å². The molecule has 1 aromatic rings. The molecule has 0 aliphatic heterocycles. The van der Waals surface area contributed by atoms with Crippen LogP contribution < -0.4 is 16.4 Å². The van der Waals surface area contributed by atoms with Crippen LogP contribution in [0.4, 0.5) is 4.79 Å². The minimum atomic E-state index is -1.04. The summed E-state index contributed by atoms with van der Waals surface area (Å²) in [5, 5.41) is 13.9. The van der Waals surface area contributed by atoms with Crippen LogP contribution in [0.5, 0.6) is 0 Å². The third kappa shape index (κ3) is 4.60. The van der Waals surface area contributed by atoms with E-state index in [0.717, 1.165) is 0 Å². The molecule has 0 saturated heterocycles. The fourth-order valence-electron chi connectivity index (χ4n) is 1.55. The van der Waals surface area contributed by atoms with Gasteiger partial charge in [-0.2, -0.15) is 0 Å². The van der Waals surface area contributed by atoms with Crippen LogP contribution in [0.1, 0.15) is 18.4 Å². The number of amides is 3. The molecule has 2 atom stereocenters. The SMILES string of the molecule is CC(NC(=O)NCC(C(=O)O)c1ccccc1)C(N)=O. The number of carboxylic acid groups (broad SMARTS) is 1. The van der Waals surface area contributed by atoms with Gasteiger partial charge in [0, 0.05) is 6.54 Å². The van der Waals surface area contributed by atoms with Gasteiger partial charge < -0.3 is 21.5 Å². The van der Waals surface area contributed by atoms with Gasteiger partial charge in [0.25, 0.3) is 0 Å². The first-order chi connectivity index (χ1) is 9.41. The second-order valence-electron chi connectivity index (χ2n) is 4.28. The zero-order valence-corrected chi connectivity index (χ0v) is 11.0. The summed E-state index contributed by atoms with van der Waals surface area (Å²) in [5.74, 6) is -2.57. The highest BCUT2D eigenvalue weighted by Gasteiger charge is 2.21. The lowest BCUT2D eigenvalue weighted by Crippen LogP contribution is -2.47. The summed E-state index contributed by atoms with van der Waals surface area (Å²) in [7, 11) is 0. The van der Waals surface area contributed by atoms with E-state index in [1.807, 2.05) is 0 Å². The molecule has 1 aromatic carbocycles. The number of primary amides is 1. The molecular formula is C13H17N3O4. The minimum Gasteiger partial charge on any atom is -0.481 e. The molecule has 20 heavy (non-hydrogen) atoms. The van der Waals surface area contributed by atoms with E-state index in [0.29, 0.717) is 5.56 Å². The zero-order valence-electron chi connectivity index (χ0n) is 11.0. The van der Waals surface area contributed by atoms with E-state index in [2.05, 4.69) is 10.6 Å². The number of hydrogen-bond donors (Lipinski definition) is 4. The molecule has 0 aliphatic carbocycles. The zero-order chi connectivity index (χ0) is 15.1. The molecule has 0 bridgehead atoms. The molecule has 7 heteroatoms. The normalized spacial score (nSPS) is 13.1. The number of carbonyl (C=O) groups excluding carboxylic acids is 2. The van der Waals surface area contributed by atoms with Crippen LogP contribution in [-0.4, -0.2) is 35.6 Å². The summed E-state index contributed by atoms with van der Waals surface area (Å²) in [6, 6.07) is 7.10. The lowest BCUT2D eigenvalue weighted by Gasteiger charge is -2.15. The summed E-state index contributed by atoms with van der Waals surface area (Å²) in [4.78, 5) is 33.5. The van der Waals surface area contributed by atoms with Crippen molar-refractivity contribution in [1.29, 1.82) is 0 Å². The van der Waals surface area contributed by atoms with Crippen LogP contribution in [0.25, 0.3) is 0 Å². The number of nitrogens with one attached hydrogen (secondary N) is 2. The Bertz CT molecular complexity index is 490. The van der Waals surface area contributed by atoms with E-state index in [-0.39, 0.29) is 6.54 Å². The van der Waals surface area contributed by atoms with Crippen LogP contribution in [0.15, 0.2) is 30.3 Å². The van der Waals surface area contributed by atoms with E-state index in [4.69, 9.17) is 10.8 Å². The maximum absolute atomic E-state index is 11.5. The van der Waals surface area contributed by atoms with Crippen LogP contribution >= 0.6 is 0 Å². The molecule has 2 unspecified atom stereocenters. The molecule has 0 saturated carbocycles. The molecule has 0 radical (unpaired) electrons. The molecule has 1 rings (SSSR count). The summed E-state index contributed by atoms with van der Waals surface area (Å²) in [5.41, 5.74) is 5.59. The molecular weight excluding hydrogens is 262 g/mol. The van der Waals surface area contributed by atoms with Crippen molar-refractivity contribution < 1.29 is 19.5 Å². The van der Waals surface area contributed by atoms with Crippen molar-refractivity contribution in [3.63, 3.8) is 0 Å². The molecule has 7 nitrogen and oxygen atoms in total. The Morgan fingerprint density at radius 2 is 1.85 bits per heavy atom. The van der Waals surface area contributed by atoms with Crippen LogP contribution in [0.2, 0.25) is 0 Å². The second kappa shape index (κ2) is 7.13. The van der Waals surface area contributed by atoms with Gasteiger partial charge in [0.05, 0.1) is 5.92 Å². The van der Waals surface area contributed by atoms with Gasteiger partial charge in [0.1, 0.15) is 6.04 Å². The highest BCUT2D eigenvalue weighted by Crippen LogP contribution is 2.14. The third-order valence-corrected chi connectivity index (χ3v) is 2.74. The van der Waals surface area contributed by atoms with Gasteiger partial charge in [-0.05, 0) is 12.5 Å². The number of carboxylic acids is 1. The van der Waals surface area contributed by atoms with Gasteiger partial charge in [0.2, 0.25) is 5.91 Å². The second-order valence-corrected chi connectivity index (χ2v) is 4.28. The number of aliphatic carboxylic acids is 1. The smallest absolute Gasteiger partial charge is 0.315 e. The molecule has 108 valence electrons. The van der Waals surface area contributed by atoms with E-state index >= 15 is 0 Å². The van der Waals surface area contributed by atoms with Crippen molar-refractivity contribution in [3.05, 3.63) is 35.9 Å². The minimum absolute atomic E-state index is 0.0866. The van der Waals surface area contributed by atoms with Crippen LogP contribution in [0.3, 0.4) is 0 Å². The number of carbonyl (C=O) groups is 3. The van der Waals surface area contributed by atoms with Crippen molar-refractivity contribution in [1.82, 2.24) is 10.6 Å². The van der Waals surface area contributed by atoms with Gasteiger partial charge in [-0.1, -0.05) is 30.3 Å². The van der Waals surface area contributed by atoms with Crippen LogP contribution in [0, 0.1) is 0 Å². The number of rotatable bonds is 6. The molecule has 0 fully saturated rings. The largest absolute Gasteiger partial charge is 0.481 e. The highest BCUT2D eigenvalue weighted by molar-refractivity contribution is 5.85. The van der Waals surface area contributed by atoms with Crippen LogP contribution in [-0.2, 0) is 9.59 Å². The van der Waals surface area contributed by atoms with Crippen molar-refractivity contribution in [2.75, 3.05) is 6.54 Å². The molecule has 3 amide bonds. The monoisotopic (exact) mass is 279 g/mol. The average Bonchev–Trinajstić information content (AvgIpc) is 2.39. The summed E-state index contributed by atoms with van der Waals surface area (Å²) in [6.45, 7) is 1.35. The first kappa shape index (κ1) is 15.5. The number of nitrogens with two attached hydrogens (primary N) is 1. The maximum Gasteiger partial charge on any atom is 0.315 e. The Kier molecular flexibility index (Phi) is 5.52. The van der Waals surface area contributed by atoms with E-state index in [1.165, 1.54) is 6.92 Å². The van der Waals surface area contributed by atoms with E-state index in [9.17, 15) is 14.4 Å². The summed E-state index contributed by atoms with van der Waals surface area (Å²) < 4.78 is 0. The Morgan fingerprint density at radius 3 is 2.35 bits per heavy atom. The predicted molar refractivity (Wildman–Crippen MR) is 72.0 cm³/mol. The number of hydrogen-bond acceptors (Lipinski definition) is 3. The summed E-state index contributed by atoms with van der Waals surface area (Å²) >= 11 is 0. The first-order valence-electron chi connectivity index (χ1n) is 6.03. The quantitative estimate of drug-likeness (QED) is 0.586. The van der Waals surface area contributed by atoms with Gasteiger partial charge in [0.15, 0.2) is 0 Å². The molecule has 0 spiro atoms. The predicted octanol–water partition coefficient (Wildman–Crippen LogP) is 0.0278. The fraction of sp³-hybridized carbons (Fsp3) is 0.308.